The summed E-state index contributed by atoms with van der Waals surface area (Å²) in [6.07, 6.45) is 12.4. The summed E-state index contributed by atoms with van der Waals surface area (Å²) in [7, 11) is 1.89. The SMILES string of the molecule is CC(C)OC(=O)N1CCNCC1.Cn1cncc1C(=N)C1=C/C(=C/C=C\N)CCc2ccc(Cl)cc21. The lowest BCUT2D eigenvalue weighted by atomic mass is 9.94. The molecule has 4 N–H and O–H groups in total. The van der Waals surface area contributed by atoms with E-state index in [0.29, 0.717) is 10.7 Å². The largest absolute Gasteiger partial charge is 0.447 e. The number of benzene rings is 1. The van der Waals surface area contributed by atoms with Gasteiger partial charge in [0.05, 0.1) is 30.0 Å². The molecular weight excluding hydrogens is 476 g/mol. The van der Waals surface area contributed by atoms with Crippen molar-refractivity contribution < 1.29 is 9.53 Å². The van der Waals surface area contributed by atoms with Crippen LogP contribution in [0.2, 0.25) is 5.02 Å². The molecule has 1 aromatic heterocycles. The lowest BCUT2D eigenvalue weighted by molar-refractivity contribution is 0.0732. The maximum atomic E-state index is 11.3. The number of carbonyl (C=O) groups excluding carboxylic acids is 1. The number of nitrogens with zero attached hydrogens (tertiary/aromatic N) is 3. The molecule has 4 rings (SSSR count). The van der Waals surface area contributed by atoms with Crippen LogP contribution in [-0.4, -0.2) is 58.5 Å². The van der Waals surface area contributed by atoms with Crippen LogP contribution in [0.5, 0.6) is 0 Å². The van der Waals surface area contributed by atoms with E-state index in [9.17, 15) is 4.79 Å². The fourth-order valence-corrected chi connectivity index (χ4v) is 4.18. The monoisotopic (exact) mass is 510 g/mol. The molecule has 1 aromatic carbocycles. The molecule has 36 heavy (non-hydrogen) atoms. The minimum absolute atomic E-state index is 0.0209. The van der Waals surface area contributed by atoms with Gasteiger partial charge in [0.2, 0.25) is 0 Å². The van der Waals surface area contributed by atoms with Crippen molar-refractivity contribution in [1.82, 2.24) is 19.8 Å². The summed E-state index contributed by atoms with van der Waals surface area (Å²) in [6, 6.07) is 5.89. The molecule has 1 saturated heterocycles. The number of allylic oxidation sites excluding steroid dienone is 5. The fourth-order valence-electron chi connectivity index (χ4n) is 4.01. The number of nitrogens with two attached hydrogens (primary N) is 1. The molecule has 1 aliphatic carbocycles. The van der Waals surface area contributed by atoms with Crippen molar-refractivity contribution >= 4 is 29.0 Å². The Morgan fingerprint density at radius 2 is 2.03 bits per heavy atom. The zero-order chi connectivity index (χ0) is 26.1. The molecule has 0 radical (unpaired) electrons. The van der Waals surface area contributed by atoms with Crippen molar-refractivity contribution in [2.75, 3.05) is 26.2 Å². The highest BCUT2D eigenvalue weighted by molar-refractivity contribution is 6.33. The van der Waals surface area contributed by atoms with Crippen molar-refractivity contribution in [3.05, 3.63) is 82.6 Å². The maximum absolute atomic E-state index is 11.3. The first-order valence-electron chi connectivity index (χ1n) is 12.1. The minimum atomic E-state index is -0.188. The first kappa shape index (κ1) is 27.2. The molecule has 192 valence electrons. The molecule has 1 amide bonds. The van der Waals surface area contributed by atoms with Gasteiger partial charge in [0.1, 0.15) is 0 Å². The van der Waals surface area contributed by atoms with Gasteiger partial charge in [-0.25, -0.2) is 9.78 Å². The number of imidazole rings is 1. The molecule has 0 saturated carbocycles. The van der Waals surface area contributed by atoms with Crippen molar-refractivity contribution in [3.63, 3.8) is 0 Å². The van der Waals surface area contributed by atoms with Gasteiger partial charge in [-0.15, -0.1) is 0 Å². The number of nitrogens with one attached hydrogen (secondary N) is 2. The molecular formula is C27H35ClN6O2. The van der Waals surface area contributed by atoms with E-state index in [-0.39, 0.29) is 12.2 Å². The smallest absolute Gasteiger partial charge is 0.410 e. The Morgan fingerprint density at radius 3 is 2.67 bits per heavy atom. The van der Waals surface area contributed by atoms with E-state index in [1.54, 1.807) is 17.4 Å². The van der Waals surface area contributed by atoms with Crippen LogP contribution >= 0.6 is 11.6 Å². The summed E-state index contributed by atoms with van der Waals surface area (Å²) in [6.45, 7) is 6.97. The number of ether oxygens (including phenoxy) is 1. The van der Waals surface area contributed by atoms with E-state index in [4.69, 9.17) is 27.5 Å². The van der Waals surface area contributed by atoms with Crippen LogP contribution in [0.25, 0.3) is 5.57 Å². The Kier molecular flexibility index (Phi) is 9.90. The number of amides is 1. The van der Waals surface area contributed by atoms with Crippen LogP contribution < -0.4 is 11.1 Å². The van der Waals surface area contributed by atoms with E-state index >= 15 is 0 Å². The average Bonchev–Trinajstić information content (AvgIpc) is 3.21. The van der Waals surface area contributed by atoms with E-state index in [1.165, 1.54) is 11.8 Å². The van der Waals surface area contributed by atoms with Crippen LogP contribution in [-0.2, 0) is 18.2 Å². The van der Waals surface area contributed by atoms with E-state index in [1.807, 2.05) is 55.8 Å². The van der Waals surface area contributed by atoms with E-state index in [0.717, 1.165) is 61.4 Å². The first-order valence-corrected chi connectivity index (χ1v) is 12.5. The Morgan fingerprint density at radius 1 is 1.28 bits per heavy atom. The summed E-state index contributed by atoms with van der Waals surface area (Å²) in [4.78, 5) is 17.1. The molecule has 1 fully saturated rings. The van der Waals surface area contributed by atoms with Crippen molar-refractivity contribution in [3.8, 4) is 0 Å². The number of aryl methyl sites for hydroxylation is 2. The highest BCUT2D eigenvalue weighted by Gasteiger charge is 2.20. The van der Waals surface area contributed by atoms with E-state index < -0.39 is 0 Å². The van der Waals surface area contributed by atoms with Gasteiger partial charge in [-0.1, -0.05) is 23.7 Å². The van der Waals surface area contributed by atoms with Crippen molar-refractivity contribution in [2.45, 2.75) is 32.8 Å². The number of halogens is 1. The Bertz CT molecular complexity index is 1160. The second-order valence-electron chi connectivity index (χ2n) is 8.92. The van der Waals surface area contributed by atoms with Crippen molar-refractivity contribution in [1.29, 1.82) is 5.41 Å². The zero-order valence-electron chi connectivity index (χ0n) is 21.1. The second kappa shape index (κ2) is 13.1. The lowest BCUT2D eigenvalue weighted by Gasteiger charge is -2.27. The average molecular weight is 511 g/mol. The number of fused-ring (bicyclic) bond motifs is 1. The molecule has 0 unspecified atom stereocenters. The van der Waals surface area contributed by atoms with Gasteiger partial charge in [-0.05, 0) is 73.9 Å². The zero-order valence-corrected chi connectivity index (χ0v) is 21.9. The van der Waals surface area contributed by atoms with Gasteiger partial charge >= 0.3 is 6.09 Å². The third-order valence-electron chi connectivity index (χ3n) is 5.85. The molecule has 9 heteroatoms. The molecule has 0 spiro atoms. The quantitative estimate of drug-likeness (QED) is 0.531. The topological polar surface area (TPSA) is 109 Å². The van der Waals surface area contributed by atoms with Crippen LogP contribution in [0.15, 0.2) is 60.7 Å². The molecule has 2 aliphatic rings. The van der Waals surface area contributed by atoms with Crippen molar-refractivity contribution in [2.24, 2.45) is 12.8 Å². The lowest BCUT2D eigenvalue weighted by Crippen LogP contribution is -2.47. The summed E-state index contributed by atoms with van der Waals surface area (Å²) in [5, 5.41) is 12.6. The predicted molar refractivity (Wildman–Crippen MR) is 145 cm³/mol. The van der Waals surface area contributed by atoms with Gasteiger partial charge in [0.25, 0.3) is 0 Å². The summed E-state index contributed by atoms with van der Waals surface area (Å²) < 4.78 is 6.90. The van der Waals surface area contributed by atoms with Gasteiger partial charge in [-0.3, -0.25) is 5.41 Å². The summed E-state index contributed by atoms with van der Waals surface area (Å²) in [5.74, 6) is 0. The van der Waals surface area contributed by atoms with Crippen LogP contribution in [0, 0.1) is 5.41 Å². The molecule has 0 bridgehead atoms. The second-order valence-corrected chi connectivity index (χ2v) is 9.36. The number of piperazine rings is 1. The third-order valence-corrected chi connectivity index (χ3v) is 6.09. The number of hydrogen-bond donors (Lipinski definition) is 3. The number of carbonyl (C=O) groups is 1. The van der Waals surface area contributed by atoms with Gasteiger partial charge < -0.3 is 25.3 Å². The number of rotatable bonds is 4. The highest BCUT2D eigenvalue weighted by atomic mass is 35.5. The number of hydrogen-bond acceptors (Lipinski definition) is 6. The Balaban J connectivity index is 0.000000253. The summed E-state index contributed by atoms with van der Waals surface area (Å²) in [5.41, 5.74) is 10.8. The highest BCUT2D eigenvalue weighted by Crippen LogP contribution is 2.32. The predicted octanol–water partition coefficient (Wildman–Crippen LogP) is 4.31. The van der Waals surface area contributed by atoms with Gasteiger partial charge in [-0.2, -0.15) is 0 Å². The minimum Gasteiger partial charge on any atom is -0.447 e. The molecule has 0 atom stereocenters. The fraction of sp³-hybridized carbons (Fsp3) is 0.370. The van der Waals surface area contributed by atoms with E-state index in [2.05, 4.69) is 16.4 Å². The standard InChI is InChI=1S/C19H19ClN4.C8H16N2O2/c1-24-12-23-11-18(24)19(22)17-9-13(3-2-8-21)4-5-14-6-7-15(20)10-16(14)17;1-7(2)12-8(11)10-5-3-9-4-6-10/h2-3,6-12,22H,4-5,21H2,1H3;7,9H,3-6H2,1-2H3/b8-2-,13-3+,22-19?;. The Hall–Kier alpha value is -3.36. The molecule has 1 aliphatic heterocycles. The molecule has 2 heterocycles. The Labute approximate surface area is 218 Å². The summed E-state index contributed by atoms with van der Waals surface area (Å²) >= 11 is 6.22. The van der Waals surface area contributed by atoms with Crippen LogP contribution in [0.4, 0.5) is 4.79 Å². The van der Waals surface area contributed by atoms with Crippen LogP contribution in [0.3, 0.4) is 0 Å². The first-order chi connectivity index (χ1) is 17.3. The molecule has 2 aromatic rings. The maximum Gasteiger partial charge on any atom is 0.410 e. The van der Waals surface area contributed by atoms with Gasteiger partial charge in [0.15, 0.2) is 0 Å². The molecule has 8 nitrogen and oxygen atoms in total. The van der Waals surface area contributed by atoms with Gasteiger partial charge in [0, 0.05) is 43.8 Å². The van der Waals surface area contributed by atoms with Crippen LogP contribution in [0.1, 0.15) is 37.1 Å². The normalized spacial score (nSPS) is 16.8. The number of aromatic nitrogens is 2. The third kappa shape index (κ3) is 7.32.